The van der Waals surface area contributed by atoms with Crippen LogP contribution < -0.4 is 5.56 Å². The molecule has 0 bridgehead atoms. The summed E-state index contributed by atoms with van der Waals surface area (Å²) in [7, 11) is 1.79. The number of esters is 1. The van der Waals surface area contributed by atoms with Crippen molar-refractivity contribution < 1.29 is 23.9 Å². The van der Waals surface area contributed by atoms with Crippen molar-refractivity contribution in [3.8, 4) is 11.4 Å². The zero-order valence-electron chi connectivity index (χ0n) is 20.0. The smallest absolute Gasteiger partial charge is 0.326 e. The molecule has 3 heterocycles. The third kappa shape index (κ3) is 4.23. The van der Waals surface area contributed by atoms with Crippen molar-refractivity contribution in [1.82, 2.24) is 18.8 Å². The van der Waals surface area contributed by atoms with Gasteiger partial charge in [0.1, 0.15) is 12.2 Å². The summed E-state index contributed by atoms with van der Waals surface area (Å²) in [6, 6.07) is 10.9. The molecular weight excluding hydrogens is 452 g/mol. The summed E-state index contributed by atoms with van der Waals surface area (Å²) in [5, 5.41) is 0. The number of aryl methyl sites for hydroxylation is 1. The molecule has 0 radical (unpaired) electrons. The standard InChI is InChI=1S/C25H26N4O6/c1-15-12-19(20(30)14-35-23(33)13-27-21(31)10-11-22(27)32)16(2)28(15)24-17(3)26(4)29(25(24)34)18-8-6-5-7-9-18/h5-9,12H,10-11,13-14H2,1-4H3. The molecule has 0 unspecified atom stereocenters. The molecule has 1 fully saturated rings. The summed E-state index contributed by atoms with van der Waals surface area (Å²) in [4.78, 5) is 62.6. The van der Waals surface area contributed by atoms with Gasteiger partial charge in [-0.25, -0.2) is 4.68 Å². The van der Waals surface area contributed by atoms with Gasteiger partial charge < -0.3 is 9.30 Å². The van der Waals surface area contributed by atoms with Crippen LogP contribution in [0.2, 0.25) is 0 Å². The second-order valence-electron chi connectivity index (χ2n) is 8.49. The molecule has 0 aliphatic carbocycles. The van der Waals surface area contributed by atoms with Gasteiger partial charge in [-0.05, 0) is 39.0 Å². The second kappa shape index (κ2) is 9.21. The number of carbonyl (C=O) groups excluding carboxylic acids is 4. The van der Waals surface area contributed by atoms with E-state index in [0.717, 1.165) is 10.6 Å². The maximum absolute atomic E-state index is 13.4. The van der Waals surface area contributed by atoms with Gasteiger partial charge in [-0.2, -0.15) is 0 Å². The molecule has 0 N–H and O–H groups in total. The summed E-state index contributed by atoms with van der Waals surface area (Å²) in [5.41, 5.74) is 3.16. The van der Waals surface area contributed by atoms with E-state index in [1.54, 1.807) is 40.9 Å². The third-order valence-corrected chi connectivity index (χ3v) is 6.29. The van der Waals surface area contributed by atoms with Crippen LogP contribution in [0.5, 0.6) is 0 Å². The Labute approximate surface area is 201 Å². The molecule has 2 amide bonds. The molecule has 2 aromatic heterocycles. The van der Waals surface area contributed by atoms with Gasteiger partial charge in [0.2, 0.25) is 17.6 Å². The average molecular weight is 479 g/mol. The highest BCUT2D eigenvalue weighted by Gasteiger charge is 2.31. The van der Waals surface area contributed by atoms with Crippen molar-refractivity contribution in [2.24, 2.45) is 7.05 Å². The number of amides is 2. The van der Waals surface area contributed by atoms with E-state index >= 15 is 0 Å². The van der Waals surface area contributed by atoms with Gasteiger partial charge in [0.05, 0.1) is 11.4 Å². The first-order valence-electron chi connectivity index (χ1n) is 11.2. The van der Waals surface area contributed by atoms with Gasteiger partial charge in [0.15, 0.2) is 6.61 Å². The van der Waals surface area contributed by atoms with E-state index in [4.69, 9.17) is 4.74 Å². The van der Waals surface area contributed by atoms with Crippen LogP contribution in [-0.2, 0) is 26.2 Å². The number of Topliss-reactive ketones (excluding diaryl/α,β-unsaturated/α-hetero) is 1. The predicted molar refractivity (Wildman–Crippen MR) is 126 cm³/mol. The maximum Gasteiger partial charge on any atom is 0.326 e. The molecule has 1 aliphatic rings. The van der Waals surface area contributed by atoms with Crippen LogP contribution in [0.1, 0.15) is 40.3 Å². The Bertz CT molecular complexity index is 1390. The Balaban J connectivity index is 1.58. The minimum Gasteiger partial charge on any atom is -0.456 e. The highest BCUT2D eigenvalue weighted by atomic mass is 16.5. The van der Waals surface area contributed by atoms with Gasteiger partial charge in [-0.3, -0.25) is 33.6 Å². The highest BCUT2D eigenvalue weighted by Crippen LogP contribution is 2.23. The Hall–Kier alpha value is -4.21. The largest absolute Gasteiger partial charge is 0.456 e. The number of ether oxygens (including phenoxy) is 1. The van der Waals surface area contributed by atoms with Crippen molar-refractivity contribution in [1.29, 1.82) is 0 Å². The number of rotatable bonds is 7. The molecule has 182 valence electrons. The van der Waals surface area contributed by atoms with E-state index in [0.29, 0.717) is 28.3 Å². The molecule has 4 rings (SSSR count). The number of para-hydroxylation sites is 1. The van der Waals surface area contributed by atoms with E-state index in [1.165, 1.54) is 0 Å². The minimum absolute atomic E-state index is 0.0713. The summed E-state index contributed by atoms with van der Waals surface area (Å²) < 4.78 is 10.1. The molecular formula is C25H26N4O6. The molecule has 1 aliphatic heterocycles. The molecule has 10 nitrogen and oxygen atoms in total. The summed E-state index contributed by atoms with van der Waals surface area (Å²) in [5.74, 6) is -2.14. The molecule has 35 heavy (non-hydrogen) atoms. The van der Waals surface area contributed by atoms with Crippen LogP contribution in [0.3, 0.4) is 0 Å². The van der Waals surface area contributed by atoms with Crippen LogP contribution in [0.25, 0.3) is 11.4 Å². The first kappa shape index (κ1) is 23.9. The molecule has 3 aromatic rings. The van der Waals surface area contributed by atoms with E-state index < -0.39 is 36.7 Å². The van der Waals surface area contributed by atoms with Crippen LogP contribution in [0.4, 0.5) is 0 Å². The molecule has 0 saturated carbocycles. The fraction of sp³-hybridized carbons (Fsp3) is 0.320. The lowest BCUT2D eigenvalue weighted by molar-refractivity contribution is -0.151. The number of hydrogen-bond acceptors (Lipinski definition) is 6. The van der Waals surface area contributed by atoms with Crippen molar-refractivity contribution in [3.63, 3.8) is 0 Å². The normalized spacial score (nSPS) is 13.5. The maximum atomic E-state index is 13.4. The summed E-state index contributed by atoms with van der Waals surface area (Å²) >= 11 is 0. The van der Waals surface area contributed by atoms with Gasteiger partial charge in [-0.1, -0.05) is 18.2 Å². The number of carbonyl (C=O) groups is 4. The number of ketones is 1. The Morgan fingerprint density at radius 2 is 1.57 bits per heavy atom. The second-order valence-corrected chi connectivity index (χ2v) is 8.49. The zero-order chi connectivity index (χ0) is 25.4. The summed E-state index contributed by atoms with van der Waals surface area (Å²) in [6.45, 7) is 4.30. The van der Waals surface area contributed by atoms with Crippen LogP contribution in [0, 0.1) is 20.8 Å². The van der Waals surface area contributed by atoms with E-state index in [2.05, 4.69) is 0 Å². The van der Waals surface area contributed by atoms with Gasteiger partial charge in [0.25, 0.3) is 5.56 Å². The quantitative estimate of drug-likeness (QED) is 0.291. The van der Waals surface area contributed by atoms with Gasteiger partial charge >= 0.3 is 5.97 Å². The number of hydrogen-bond donors (Lipinski definition) is 0. The Kier molecular flexibility index (Phi) is 6.29. The van der Waals surface area contributed by atoms with Gasteiger partial charge in [-0.15, -0.1) is 0 Å². The lowest BCUT2D eigenvalue weighted by Crippen LogP contribution is -2.35. The van der Waals surface area contributed by atoms with Crippen LogP contribution >= 0.6 is 0 Å². The van der Waals surface area contributed by atoms with E-state index in [9.17, 15) is 24.0 Å². The lowest BCUT2D eigenvalue weighted by Gasteiger charge is -2.12. The van der Waals surface area contributed by atoms with Crippen molar-refractivity contribution >= 4 is 23.6 Å². The monoisotopic (exact) mass is 478 g/mol. The van der Waals surface area contributed by atoms with Crippen LogP contribution in [0.15, 0.2) is 41.2 Å². The minimum atomic E-state index is -0.833. The predicted octanol–water partition coefficient (Wildman–Crippen LogP) is 1.77. The van der Waals surface area contributed by atoms with E-state index in [-0.39, 0.29) is 18.4 Å². The van der Waals surface area contributed by atoms with Crippen molar-refractivity contribution in [3.05, 3.63) is 69.4 Å². The van der Waals surface area contributed by atoms with Crippen molar-refractivity contribution in [2.75, 3.05) is 13.2 Å². The Morgan fingerprint density at radius 3 is 2.20 bits per heavy atom. The summed E-state index contributed by atoms with van der Waals surface area (Å²) in [6.07, 6.45) is 0.143. The molecule has 0 atom stereocenters. The molecule has 1 aromatic carbocycles. The topological polar surface area (TPSA) is 113 Å². The highest BCUT2D eigenvalue weighted by molar-refractivity contribution is 6.04. The molecule has 10 heteroatoms. The fourth-order valence-electron chi connectivity index (χ4n) is 4.40. The molecule has 1 saturated heterocycles. The van der Waals surface area contributed by atoms with Crippen molar-refractivity contribution in [2.45, 2.75) is 33.6 Å². The SMILES string of the molecule is Cc1cc(C(=O)COC(=O)CN2C(=O)CCC2=O)c(C)n1-c1c(C)n(C)n(-c2ccccc2)c1=O. The number of benzene rings is 1. The number of aromatic nitrogens is 3. The number of imide groups is 1. The number of nitrogens with zero attached hydrogens (tertiary/aromatic N) is 4. The number of likely N-dealkylation sites (tertiary alicyclic amines) is 1. The third-order valence-electron chi connectivity index (χ3n) is 6.29. The first-order chi connectivity index (χ1) is 16.6. The van der Waals surface area contributed by atoms with E-state index in [1.807, 2.05) is 37.3 Å². The fourth-order valence-corrected chi connectivity index (χ4v) is 4.40. The molecule has 0 spiro atoms. The van der Waals surface area contributed by atoms with Crippen LogP contribution in [-0.4, -0.2) is 55.5 Å². The Morgan fingerprint density at radius 1 is 0.943 bits per heavy atom. The average Bonchev–Trinajstić information content (AvgIpc) is 3.38. The lowest BCUT2D eigenvalue weighted by atomic mass is 10.1. The zero-order valence-corrected chi connectivity index (χ0v) is 20.0. The van der Waals surface area contributed by atoms with Gasteiger partial charge in [0, 0.05) is 36.8 Å². The first-order valence-corrected chi connectivity index (χ1v) is 11.2.